The molecular weight excluding hydrogens is 212 g/mol. The number of nitrogens with zero attached hydrogens (tertiary/aromatic N) is 1. The van der Waals surface area contributed by atoms with Crippen molar-refractivity contribution in [1.29, 1.82) is 0 Å². The molecule has 2 heterocycles. The van der Waals surface area contributed by atoms with E-state index in [0.29, 0.717) is 6.04 Å². The molecule has 17 heavy (non-hydrogen) atoms. The molecular formula is C14H18N2O. The van der Waals surface area contributed by atoms with Crippen LogP contribution in [0.3, 0.4) is 0 Å². The van der Waals surface area contributed by atoms with Crippen LogP contribution in [-0.2, 0) is 0 Å². The number of pyridine rings is 1. The van der Waals surface area contributed by atoms with Crippen molar-refractivity contribution < 1.29 is 4.74 Å². The van der Waals surface area contributed by atoms with Crippen molar-refractivity contribution in [2.75, 3.05) is 13.7 Å². The summed E-state index contributed by atoms with van der Waals surface area (Å²) in [4.78, 5) is 4.40. The van der Waals surface area contributed by atoms with E-state index in [1.54, 1.807) is 7.11 Å². The zero-order valence-electron chi connectivity index (χ0n) is 10.4. The summed E-state index contributed by atoms with van der Waals surface area (Å²) in [6.45, 7) is 3.16. The van der Waals surface area contributed by atoms with Crippen LogP contribution in [0, 0.1) is 12.8 Å². The van der Waals surface area contributed by atoms with Gasteiger partial charge < -0.3 is 10.1 Å². The van der Waals surface area contributed by atoms with Crippen LogP contribution < -0.4 is 10.1 Å². The normalized spacial score (nSPS) is 26.8. The zero-order chi connectivity index (χ0) is 11.8. The molecule has 0 aromatic carbocycles. The Bertz CT molecular complexity index is 467. The molecule has 3 rings (SSSR count). The number of rotatable bonds is 2. The second-order valence-corrected chi connectivity index (χ2v) is 4.94. The van der Waals surface area contributed by atoms with E-state index in [2.05, 4.69) is 22.4 Å². The second-order valence-electron chi connectivity index (χ2n) is 4.94. The van der Waals surface area contributed by atoms with Crippen LogP contribution in [0.15, 0.2) is 18.3 Å². The van der Waals surface area contributed by atoms with Crippen LogP contribution in [0.2, 0.25) is 0 Å². The highest BCUT2D eigenvalue weighted by Gasteiger charge is 2.31. The molecule has 0 radical (unpaired) electrons. The van der Waals surface area contributed by atoms with Gasteiger partial charge in [-0.1, -0.05) is 6.08 Å². The number of aromatic nitrogens is 1. The highest BCUT2D eigenvalue weighted by atomic mass is 16.5. The van der Waals surface area contributed by atoms with Gasteiger partial charge in [-0.15, -0.1) is 0 Å². The fourth-order valence-corrected chi connectivity index (χ4v) is 2.67. The van der Waals surface area contributed by atoms with Gasteiger partial charge in [0.05, 0.1) is 12.8 Å². The number of hydrogen-bond donors (Lipinski definition) is 1. The molecule has 1 aliphatic heterocycles. The van der Waals surface area contributed by atoms with Crippen LogP contribution in [0.5, 0.6) is 5.75 Å². The summed E-state index contributed by atoms with van der Waals surface area (Å²) in [5, 5.41) is 3.46. The third-order valence-corrected chi connectivity index (χ3v) is 3.92. The minimum atomic E-state index is 0.589. The van der Waals surface area contributed by atoms with E-state index < -0.39 is 0 Å². The topological polar surface area (TPSA) is 34.1 Å². The maximum absolute atomic E-state index is 5.33. The molecule has 1 saturated heterocycles. The average molecular weight is 230 g/mol. The lowest BCUT2D eigenvalue weighted by atomic mass is 9.79. The molecule has 2 aliphatic rings. The molecule has 1 N–H and O–H groups in total. The van der Waals surface area contributed by atoms with E-state index in [1.165, 1.54) is 24.1 Å². The number of nitrogens with one attached hydrogen (secondary N) is 1. The standard InChI is InChI=1S/C14H18N2O/c1-9-14(17-2)6-12(8-15-9)10-3-4-11-7-16-13(11)5-10/h5-6,8,11,13,16H,3-4,7H2,1-2H3/t11-,13-/m0/s1. The summed E-state index contributed by atoms with van der Waals surface area (Å²) in [6, 6.07) is 2.69. The third-order valence-electron chi connectivity index (χ3n) is 3.92. The van der Waals surface area contributed by atoms with Crippen molar-refractivity contribution in [1.82, 2.24) is 10.3 Å². The third kappa shape index (κ3) is 1.84. The van der Waals surface area contributed by atoms with E-state index in [9.17, 15) is 0 Å². The first kappa shape index (κ1) is 10.8. The predicted octanol–water partition coefficient (Wildman–Crippen LogP) is 2.16. The Morgan fingerprint density at radius 2 is 2.35 bits per heavy atom. The maximum atomic E-state index is 5.33. The SMILES string of the molecule is COc1cc(C2=C[C@@H]3NC[C@@H]3CC2)cnc1C. The monoisotopic (exact) mass is 230 g/mol. The second kappa shape index (κ2) is 4.15. The Balaban J connectivity index is 1.91. The summed E-state index contributed by atoms with van der Waals surface area (Å²) >= 11 is 0. The summed E-state index contributed by atoms with van der Waals surface area (Å²) in [5.41, 5.74) is 3.57. The lowest BCUT2D eigenvalue weighted by Crippen LogP contribution is -2.52. The van der Waals surface area contributed by atoms with Crippen molar-refractivity contribution in [2.24, 2.45) is 5.92 Å². The van der Waals surface area contributed by atoms with Gasteiger partial charge in [-0.05, 0) is 42.9 Å². The molecule has 0 spiro atoms. The van der Waals surface area contributed by atoms with Crippen molar-refractivity contribution >= 4 is 5.57 Å². The zero-order valence-corrected chi connectivity index (χ0v) is 10.4. The van der Waals surface area contributed by atoms with E-state index in [4.69, 9.17) is 4.74 Å². The van der Waals surface area contributed by atoms with E-state index in [-0.39, 0.29) is 0 Å². The number of ether oxygens (including phenoxy) is 1. The first-order valence-electron chi connectivity index (χ1n) is 6.23. The molecule has 3 heteroatoms. The summed E-state index contributed by atoms with van der Waals surface area (Å²) in [5.74, 6) is 1.74. The Hall–Kier alpha value is -1.35. The van der Waals surface area contributed by atoms with Gasteiger partial charge in [-0.2, -0.15) is 0 Å². The molecule has 1 aliphatic carbocycles. The summed E-state index contributed by atoms with van der Waals surface area (Å²) in [7, 11) is 1.70. The van der Waals surface area contributed by atoms with Gasteiger partial charge in [0.1, 0.15) is 5.75 Å². The summed E-state index contributed by atoms with van der Waals surface area (Å²) < 4.78 is 5.33. The van der Waals surface area contributed by atoms with Crippen molar-refractivity contribution in [3.05, 3.63) is 29.6 Å². The number of fused-ring (bicyclic) bond motifs is 1. The largest absolute Gasteiger partial charge is 0.495 e. The highest BCUT2D eigenvalue weighted by Crippen LogP contribution is 2.34. The van der Waals surface area contributed by atoms with Gasteiger partial charge in [0.15, 0.2) is 0 Å². The first-order valence-corrected chi connectivity index (χ1v) is 6.23. The Labute approximate surface area is 102 Å². The molecule has 3 nitrogen and oxygen atoms in total. The Kier molecular flexibility index (Phi) is 2.63. The lowest BCUT2D eigenvalue weighted by Gasteiger charge is -2.40. The smallest absolute Gasteiger partial charge is 0.140 e. The molecule has 0 bridgehead atoms. The van der Waals surface area contributed by atoms with E-state index in [1.807, 2.05) is 13.1 Å². The lowest BCUT2D eigenvalue weighted by molar-refractivity contribution is 0.256. The molecule has 0 amide bonds. The molecule has 1 aromatic heterocycles. The van der Waals surface area contributed by atoms with Crippen LogP contribution in [-0.4, -0.2) is 24.7 Å². The summed E-state index contributed by atoms with van der Waals surface area (Å²) in [6.07, 6.45) is 6.78. The van der Waals surface area contributed by atoms with Crippen LogP contribution >= 0.6 is 0 Å². The number of aryl methyl sites for hydroxylation is 1. The van der Waals surface area contributed by atoms with E-state index >= 15 is 0 Å². The van der Waals surface area contributed by atoms with Crippen molar-refractivity contribution in [3.8, 4) is 5.75 Å². The Morgan fingerprint density at radius 3 is 3.00 bits per heavy atom. The van der Waals surface area contributed by atoms with Crippen molar-refractivity contribution in [3.63, 3.8) is 0 Å². The van der Waals surface area contributed by atoms with Crippen LogP contribution in [0.4, 0.5) is 0 Å². The van der Waals surface area contributed by atoms with Crippen molar-refractivity contribution in [2.45, 2.75) is 25.8 Å². The molecule has 90 valence electrons. The highest BCUT2D eigenvalue weighted by molar-refractivity contribution is 5.68. The molecule has 0 unspecified atom stereocenters. The first-order chi connectivity index (χ1) is 8.28. The average Bonchev–Trinajstić information content (AvgIpc) is 2.32. The number of hydrogen-bond acceptors (Lipinski definition) is 3. The van der Waals surface area contributed by atoms with E-state index in [0.717, 1.165) is 23.8 Å². The van der Waals surface area contributed by atoms with Crippen LogP contribution in [0.1, 0.15) is 24.1 Å². The van der Waals surface area contributed by atoms with Gasteiger partial charge in [0.25, 0.3) is 0 Å². The minimum absolute atomic E-state index is 0.589. The van der Waals surface area contributed by atoms with Gasteiger partial charge >= 0.3 is 0 Å². The quantitative estimate of drug-likeness (QED) is 0.845. The van der Waals surface area contributed by atoms with Gasteiger partial charge in [-0.3, -0.25) is 4.98 Å². The molecule has 1 fully saturated rings. The van der Waals surface area contributed by atoms with Gasteiger partial charge in [0, 0.05) is 18.8 Å². The van der Waals surface area contributed by atoms with Gasteiger partial charge in [-0.25, -0.2) is 0 Å². The fraction of sp³-hybridized carbons (Fsp3) is 0.500. The Morgan fingerprint density at radius 1 is 1.47 bits per heavy atom. The molecule has 1 aromatic rings. The number of methoxy groups -OCH3 is 1. The predicted molar refractivity (Wildman–Crippen MR) is 68.0 cm³/mol. The number of allylic oxidation sites excluding steroid dienone is 1. The van der Waals surface area contributed by atoms with Crippen LogP contribution in [0.25, 0.3) is 5.57 Å². The van der Waals surface area contributed by atoms with Gasteiger partial charge in [0.2, 0.25) is 0 Å². The maximum Gasteiger partial charge on any atom is 0.140 e. The molecule has 2 atom stereocenters. The molecule has 0 saturated carbocycles. The minimum Gasteiger partial charge on any atom is -0.495 e. The fourth-order valence-electron chi connectivity index (χ4n) is 2.67.